The molecule has 1 heterocycles. The van der Waals surface area contributed by atoms with Gasteiger partial charge in [0, 0.05) is 6.07 Å². The Kier molecular flexibility index (Phi) is 4.22. The maximum Gasteiger partial charge on any atom is 0.573 e. The Morgan fingerprint density at radius 2 is 1.95 bits per heavy atom. The summed E-state index contributed by atoms with van der Waals surface area (Å²) in [4.78, 5) is 13.7. The molecule has 1 rings (SSSR count). The maximum absolute atomic E-state index is 12.9. The highest BCUT2D eigenvalue weighted by Gasteiger charge is 2.37. The summed E-state index contributed by atoms with van der Waals surface area (Å²) in [5.41, 5.74) is -2.78. The van der Waals surface area contributed by atoms with Crippen LogP contribution in [-0.4, -0.2) is 24.4 Å². The van der Waals surface area contributed by atoms with Crippen LogP contribution in [0.25, 0.3) is 0 Å². The van der Waals surface area contributed by atoms with Crippen LogP contribution in [-0.2, 0) is 4.74 Å². The van der Waals surface area contributed by atoms with Crippen molar-refractivity contribution in [1.29, 1.82) is 0 Å². The lowest BCUT2D eigenvalue weighted by atomic mass is 10.2. The van der Waals surface area contributed by atoms with Gasteiger partial charge in [0.05, 0.1) is 7.11 Å². The smallest absolute Gasteiger partial charge is 0.465 e. The molecule has 0 radical (unpaired) electrons. The fourth-order valence-corrected chi connectivity index (χ4v) is 1.15. The van der Waals surface area contributed by atoms with Gasteiger partial charge in [-0.15, -0.1) is 13.2 Å². The molecule has 19 heavy (non-hydrogen) atoms. The second-order valence-electron chi connectivity index (χ2n) is 3.05. The van der Waals surface area contributed by atoms with Gasteiger partial charge < -0.3 is 9.47 Å². The molecule has 0 fully saturated rings. The second-order valence-corrected chi connectivity index (χ2v) is 3.05. The van der Waals surface area contributed by atoms with Crippen molar-refractivity contribution in [2.75, 3.05) is 7.11 Å². The van der Waals surface area contributed by atoms with E-state index in [1.54, 1.807) is 0 Å². The molecule has 1 aromatic heterocycles. The fraction of sp³-hybridized carbons (Fsp3) is 0.333. The van der Waals surface area contributed by atoms with Crippen LogP contribution in [0, 0.1) is 5.95 Å². The van der Waals surface area contributed by atoms with E-state index in [1.807, 2.05) is 0 Å². The summed E-state index contributed by atoms with van der Waals surface area (Å²) in [5, 5.41) is 0. The number of hydrogen-bond acceptors (Lipinski definition) is 4. The fourth-order valence-electron chi connectivity index (χ4n) is 1.15. The van der Waals surface area contributed by atoms with Crippen LogP contribution in [0.5, 0.6) is 5.75 Å². The average molecular weight is 289 g/mol. The van der Waals surface area contributed by atoms with Crippen LogP contribution in [0.4, 0.5) is 26.3 Å². The molecule has 10 heteroatoms. The van der Waals surface area contributed by atoms with E-state index in [0.29, 0.717) is 0 Å². The first kappa shape index (κ1) is 15.1. The van der Waals surface area contributed by atoms with E-state index in [2.05, 4.69) is 14.5 Å². The summed E-state index contributed by atoms with van der Waals surface area (Å²) in [6.45, 7) is 0. The first-order chi connectivity index (χ1) is 8.65. The van der Waals surface area contributed by atoms with Gasteiger partial charge in [0.15, 0.2) is 11.4 Å². The van der Waals surface area contributed by atoms with E-state index in [9.17, 15) is 31.1 Å². The molecule has 106 valence electrons. The maximum atomic E-state index is 12.9. The molecule has 0 unspecified atom stereocenters. The molecule has 0 aliphatic heterocycles. The van der Waals surface area contributed by atoms with Gasteiger partial charge in [-0.2, -0.15) is 4.39 Å². The molecule has 0 amide bonds. The van der Waals surface area contributed by atoms with Gasteiger partial charge in [-0.25, -0.2) is 18.6 Å². The zero-order chi connectivity index (χ0) is 14.8. The number of hydrogen-bond donors (Lipinski definition) is 0. The molecule has 0 N–H and O–H groups in total. The number of nitrogens with zero attached hydrogens (tertiary/aromatic N) is 1. The molecule has 0 spiro atoms. The third-order valence-corrected chi connectivity index (χ3v) is 1.80. The minimum Gasteiger partial charge on any atom is -0.465 e. The molecular weight excluding hydrogens is 284 g/mol. The van der Waals surface area contributed by atoms with Crippen LogP contribution in [0.15, 0.2) is 6.07 Å². The molecule has 0 saturated heterocycles. The highest BCUT2D eigenvalue weighted by Crippen LogP contribution is 2.35. The third kappa shape index (κ3) is 3.73. The van der Waals surface area contributed by atoms with Crippen molar-refractivity contribution < 1.29 is 40.6 Å². The summed E-state index contributed by atoms with van der Waals surface area (Å²) in [7, 11) is 0.778. The number of rotatable bonds is 3. The van der Waals surface area contributed by atoms with Crippen molar-refractivity contribution in [3.63, 3.8) is 0 Å². The summed E-state index contributed by atoms with van der Waals surface area (Å²) >= 11 is 0. The highest BCUT2D eigenvalue weighted by molar-refractivity contribution is 5.92. The Bertz CT molecular complexity index is 488. The van der Waals surface area contributed by atoms with Crippen LogP contribution in [0.1, 0.15) is 22.5 Å². The monoisotopic (exact) mass is 289 g/mol. The Balaban J connectivity index is 3.47. The summed E-state index contributed by atoms with van der Waals surface area (Å²) in [5.74, 6) is -4.62. The van der Waals surface area contributed by atoms with Crippen LogP contribution in [0.3, 0.4) is 0 Å². The van der Waals surface area contributed by atoms with E-state index in [0.717, 1.165) is 7.11 Å². The van der Waals surface area contributed by atoms with Gasteiger partial charge in [0.2, 0.25) is 5.95 Å². The SMILES string of the molecule is COC(=O)c1cc(F)nc(C(F)F)c1OC(F)(F)F. The second kappa shape index (κ2) is 5.33. The van der Waals surface area contributed by atoms with Gasteiger partial charge in [0.25, 0.3) is 6.43 Å². The molecule has 0 aromatic carbocycles. The molecule has 0 saturated carbocycles. The Morgan fingerprint density at radius 1 is 1.37 bits per heavy atom. The number of alkyl halides is 5. The van der Waals surface area contributed by atoms with Crippen LogP contribution < -0.4 is 4.74 Å². The summed E-state index contributed by atoms with van der Waals surface area (Å²) in [6.07, 6.45) is -8.93. The number of carbonyl (C=O) groups excluding carboxylic acids is 1. The highest BCUT2D eigenvalue weighted by atomic mass is 19.4. The lowest BCUT2D eigenvalue weighted by Crippen LogP contribution is -2.21. The first-order valence-corrected chi connectivity index (χ1v) is 4.48. The minimum atomic E-state index is -5.36. The lowest BCUT2D eigenvalue weighted by Gasteiger charge is -2.15. The van der Waals surface area contributed by atoms with Gasteiger partial charge in [0.1, 0.15) is 5.56 Å². The lowest BCUT2D eigenvalue weighted by molar-refractivity contribution is -0.275. The molecule has 0 aliphatic carbocycles. The largest absolute Gasteiger partial charge is 0.573 e. The van der Waals surface area contributed by atoms with Crippen molar-refractivity contribution >= 4 is 5.97 Å². The minimum absolute atomic E-state index is 0.207. The van der Waals surface area contributed by atoms with Crippen molar-refractivity contribution in [2.24, 2.45) is 0 Å². The van der Waals surface area contributed by atoms with Crippen molar-refractivity contribution in [3.8, 4) is 5.75 Å². The Labute approximate surface area is 101 Å². The van der Waals surface area contributed by atoms with E-state index in [1.165, 1.54) is 0 Å². The van der Waals surface area contributed by atoms with Gasteiger partial charge >= 0.3 is 12.3 Å². The predicted octanol–water partition coefficient (Wildman–Crippen LogP) is 2.84. The standard InChI is InChI=1S/C9H5F6NO3/c1-18-8(17)3-2-4(10)16-5(7(11)12)6(3)19-9(13,14)15/h2,7H,1H3. The molecule has 4 nitrogen and oxygen atoms in total. The van der Waals surface area contributed by atoms with Gasteiger partial charge in [-0.05, 0) is 0 Å². The molecule has 0 atom stereocenters. The predicted molar refractivity (Wildman–Crippen MR) is 47.2 cm³/mol. The van der Waals surface area contributed by atoms with Gasteiger partial charge in [-0.1, -0.05) is 0 Å². The van der Waals surface area contributed by atoms with E-state index in [4.69, 9.17) is 0 Å². The zero-order valence-electron chi connectivity index (χ0n) is 9.09. The van der Waals surface area contributed by atoms with Crippen LogP contribution in [0.2, 0.25) is 0 Å². The molecular formula is C9H5F6NO3. The average Bonchev–Trinajstić information content (AvgIpc) is 2.27. The molecule has 0 bridgehead atoms. The van der Waals surface area contributed by atoms with Crippen molar-refractivity contribution in [3.05, 3.63) is 23.3 Å². The third-order valence-electron chi connectivity index (χ3n) is 1.80. The zero-order valence-corrected chi connectivity index (χ0v) is 9.09. The normalized spacial score (nSPS) is 11.6. The number of esters is 1. The topological polar surface area (TPSA) is 48.4 Å². The van der Waals surface area contributed by atoms with Crippen molar-refractivity contribution in [2.45, 2.75) is 12.8 Å². The summed E-state index contributed by atoms with van der Waals surface area (Å²) < 4.78 is 81.5. The number of pyridine rings is 1. The Morgan fingerprint density at radius 3 is 2.37 bits per heavy atom. The number of ether oxygens (including phenoxy) is 2. The van der Waals surface area contributed by atoms with E-state index >= 15 is 0 Å². The number of halogens is 6. The summed E-state index contributed by atoms with van der Waals surface area (Å²) in [6, 6.07) is 0.207. The number of carbonyl (C=O) groups is 1. The molecule has 1 aromatic rings. The van der Waals surface area contributed by atoms with Crippen molar-refractivity contribution in [1.82, 2.24) is 4.98 Å². The first-order valence-electron chi connectivity index (χ1n) is 4.48. The molecule has 0 aliphatic rings. The van der Waals surface area contributed by atoms with Crippen LogP contribution >= 0.6 is 0 Å². The van der Waals surface area contributed by atoms with Gasteiger partial charge in [-0.3, -0.25) is 0 Å². The van der Waals surface area contributed by atoms with E-state index in [-0.39, 0.29) is 6.07 Å². The van der Waals surface area contributed by atoms with E-state index < -0.39 is 41.7 Å². The number of methoxy groups -OCH3 is 1. The Hall–Kier alpha value is -2.00. The number of aromatic nitrogens is 1. The quantitative estimate of drug-likeness (QED) is 0.488.